The van der Waals surface area contributed by atoms with Crippen molar-refractivity contribution in [3.8, 4) is 0 Å². The first-order chi connectivity index (χ1) is 10.3. The molecule has 21 heavy (non-hydrogen) atoms. The van der Waals surface area contributed by atoms with Gasteiger partial charge in [-0.25, -0.2) is 0 Å². The van der Waals surface area contributed by atoms with Crippen LogP contribution in [0.4, 0.5) is 0 Å². The van der Waals surface area contributed by atoms with Crippen LogP contribution in [-0.2, 0) is 4.74 Å². The minimum Gasteiger partial charge on any atom is -0.382 e. The van der Waals surface area contributed by atoms with Crippen molar-refractivity contribution >= 4 is 0 Å². The molecule has 2 atom stereocenters. The molecule has 0 aromatic carbocycles. The number of likely N-dealkylation sites (tertiary alicyclic amines) is 2. The predicted molar refractivity (Wildman–Crippen MR) is 88.8 cm³/mol. The lowest BCUT2D eigenvalue weighted by atomic mass is 9.84. The van der Waals surface area contributed by atoms with Gasteiger partial charge in [0, 0.05) is 38.9 Å². The van der Waals surface area contributed by atoms with E-state index in [2.05, 4.69) is 29.1 Å². The van der Waals surface area contributed by atoms with Crippen LogP contribution in [0.5, 0.6) is 0 Å². The minimum absolute atomic E-state index is 0.847. The normalized spacial score (nSPS) is 27.7. The van der Waals surface area contributed by atoms with Gasteiger partial charge in [-0.05, 0) is 71.6 Å². The molecule has 2 heterocycles. The Balaban J connectivity index is 1.50. The van der Waals surface area contributed by atoms with Crippen LogP contribution in [0.1, 0.15) is 39.0 Å². The Labute approximate surface area is 131 Å². The molecule has 0 saturated carbocycles. The first-order valence-corrected chi connectivity index (χ1v) is 9.02. The maximum absolute atomic E-state index is 5.35. The molecule has 0 aromatic rings. The molecule has 0 spiro atoms. The van der Waals surface area contributed by atoms with Crippen LogP contribution in [0.2, 0.25) is 0 Å². The average molecular weight is 297 g/mol. The number of nitrogens with one attached hydrogen (secondary N) is 1. The van der Waals surface area contributed by atoms with Gasteiger partial charge in [0.2, 0.25) is 0 Å². The maximum Gasteiger partial charge on any atom is 0.0466 e. The van der Waals surface area contributed by atoms with E-state index >= 15 is 0 Å². The Morgan fingerprint density at radius 1 is 1.14 bits per heavy atom. The van der Waals surface area contributed by atoms with Crippen LogP contribution in [0.3, 0.4) is 0 Å². The molecule has 0 aliphatic carbocycles. The molecule has 2 rings (SSSR count). The fraction of sp³-hybridized carbons (Fsp3) is 1.00. The van der Waals surface area contributed by atoms with E-state index in [1.165, 1.54) is 58.3 Å². The fourth-order valence-electron chi connectivity index (χ4n) is 3.89. The second-order valence-corrected chi connectivity index (χ2v) is 6.69. The topological polar surface area (TPSA) is 27.7 Å². The largest absolute Gasteiger partial charge is 0.382 e. The molecule has 4 nitrogen and oxygen atoms in total. The number of hydrogen-bond acceptors (Lipinski definition) is 4. The molecule has 124 valence electrons. The summed E-state index contributed by atoms with van der Waals surface area (Å²) in [6.07, 6.45) is 6.62. The number of ether oxygens (including phenoxy) is 1. The summed E-state index contributed by atoms with van der Waals surface area (Å²) in [5.41, 5.74) is 0. The summed E-state index contributed by atoms with van der Waals surface area (Å²) in [6, 6.07) is 0.863. The Kier molecular flexibility index (Phi) is 8.01. The average Bonchev–Trinajstić information content (AvgIpc) is 2.50. The number of unbranched alkanes of at least 4 members (excludes halogenated alkanes) is 1. The van der Waals surface area contributed by atoms with Gasteiger partial charge in [-0.3, -0.25) is 0 Å². The van der Waals surface area contributed by atoms with Gasteiger partial charge in [0.05, 0.1) is 0 Å². The fourth-order valence-corrected chi connectivity index (χ4v) is 3.89. The first kappa shape index (κ1) is 17.2. The van der Waals surface area contributed by atoms with Crippen molar-refractivity contribution in [2.24, 2.45) is 5.92 Å². The quantitative estimate of drug-likeness (QED) is 0.657. The van der Waals surface area contributed by atoms with E-state index < -0.39 is 0 Å². The van der Waals surface area contributed by atoms with E-state index in [0.717, 1.165) is 38.3 Å². The molecule has 0 bridgehead atoms. The molecule has 4 heteroatoms. The molecule has 1 N–H and O–H groups in total. The summed E-state index contributed by atoms with van der Waals surface area (Å²) in [6.45, 7) is 11.2. The summed E-state index contributed by atoms with van der Waals surface area (Å²) in [5, 5.41) is 3.58. The Hall–Kier alpha value is -0.160. The van der Waals surface area contributed by atoms with Crippen LogP contribution in [0.15, 0.2) is 0 Å². The zero-order valence-electron chi connectivity index (χ0n) is 14.1. The third kappa shape index (κ3) is 5.85. The number of rotatable bonds is 9. The molecule has 2 aliphatic rings. The zero-order chi connectivity index (χ0) is 14.9. The molecule has 0 aromatic heterocycles. The molecule has 2 aliphatic heterocycles. The van der Waals surface area contributed by atoms with Gasteiger partial charge >= 0.3 is 0 Å². The third-order valence-corrected chi connectivity index (χ3v) is 5.13. The van der Waals surface area contributed by atoms with Crippen LogP contribution in [-0.4, -0.2) is 75.4 Å². The summed E-state index contributed by atoms with van der Waals surface area (Å²) in [4.78, 5) is 5.27. The van der Waals surface area contributed by atoms with E-state index in [1.807, 2.05) is 0 Å². The van der Waals surface area contributed by atoms with Gasteiger partial charge in [-0.15, -0.1) is 0 Å². The van der Waals surface area contributed by atoms with E-state index in [1.54, 1.807) is 0 Å². The highest BCUT2D eigenvalue weighted by atomic mass is 16.5. The monoisotopic (exact) mass is 297 g/mol. The Bertz CT molecular complexity index is 275. The van der Waals surface area contributed by atoms with Gasteiger partial charge in [0.15, 0.2) is 0 Å². The van der Waals surface area contributed by atoms with Crippen LogP contribution >= 0.6 is 0 Å². The number of piperidine rings is 2. The van der Waals surface area contributed by atoms with E-state index in [0.29, 0.717) is 0 Å². The number of hydrogen-bond donors (Lipinski definition) is 1. The highest BCUT2D eigenvalue weighted by molar-refractivity contribution is 4.89. The molecule has 2 saturated heterocycles. The number of nitrogens with zero attached hydrogens (tertiary/aromatic N) is 2. The van der Waals surface area contributed by atoms with Crippen molar-refractivity contribution in [2.45, 2.75) is 45.1 Å². The van der Waals surface area contributed by atoms with E-state index in [-0.39, 0.29) is 0 Å². The summed E-state index contributed by atoms with van der Waals surface area (Å²) >= 11 is 0. The SMILES string of the molecule is CCOCCCCNCCN1CCC2C(CCCN2C)C1. The lowest BCUT2D eigenvalue weighted by molar-refractivity contribution is 0.0391. The second kappa shape index (κ2) is 9.78. The van der Waals surface area contributed by atoms with Gasteiger partial charge in [-0.2, -0.15) is 0 Å². The highest BCUT2D eigenvalue weighted by Gasteiger charge is 2.33. The van der Waals surface area contributed by atoms with E-state index in [4.69, 9.17) is 4.74 Å². The second-order valence-electron chi connectivity index (χ2n) is 6.69. The molecule has 0 radical (unpaired) electrons. The molecular formula is C17H35N3O. The highest BCUT2D eigenvalue weighted by Crippen LogP contribution is 2.29. The molecular weight excluding hydrogens is 262 g/mol. The zero-order valence-corrected chi connectivity index (χ0v) is 14.1. The van der Waals surface area contributed by atoms with Crippen LogP contribution in [0.25, 0.3) is 0 Å². The Morgan fingerprint density at radius 3 is 2.90 bits per heavy atom. The smallest absolute Gasteiger partial charge is 0.0466 e. The van der Waals surface area contributed by atoms with Crippen LogP contribution in [0, 0.1) is 5.92 Å². The standard InChI is InChI=1S/C17H35N3O/c1-3-21-14-5-4-9-18-10-13-20-12-8-17-16(15-20)7-6-11-19(17)2/h16-18H,3-15H2,1-2H3. The third-order valence-electron chi connectivity index (χ3n) is 5.13. The van der Waals surface area contributed by atoms with Crippen molar-refractivity contribution < 1.29 is 4.74 Å². The van der Waals surface area contributed by atoms with Crippen molar-refractivity contribution in [1.82, 2.24) is 15.1 Å². The van der Waals surface area contributed by atoms with Crippen LogP contribution < -0.4 is 5.32 Å². The van der Waals surface area contributed by atoms with Crippen molar-refractivity contribution in [3.05, 3.63) is 0 Å². The predicted octanol–water partition coefficient (Wildman–Crippen LogP) is 1.81. The molecule has 2 fully saturated rings. The van der Waals surface area contributed by atoms with E-state index in [9.17, 15) is 0 Å². The Morgan fingerprint density at radius 2 is 2.05 bits per heavy atom. The lowest BCUT2D eigenvalue weighted by Gasteiger charge is -2.46. The number of fused-ring (bicyclic) bond motifs is 1. The minimum atomic E-state index is 0.847. The molecule has 0 amide bonds. The first-order valence-electron chi connectivity index (χ1n) is 9.02. The van der Waals surface area contributed by atoms with Gasteiger partial charge < -0.3 is 19.9 Å². The van der Waals surface area contributed by atoms with Crippen molar-refractivity contribution in [2.75, 3.05) is 59.5 Å². The van der Waals surface area contributed by atoms with Gasteiger partial charge in [0.1, 0.15) is 0 Å². The summed E-state index contributed by atoms with van der Waals surface area (Å²) in [7, 11) is 2.32. The maximum atomic E-state index is 5.35. The van der Waals surface area contributed by atoms with Gasteiger partial charge in [-0.1, -0.05) is 0 Å². The van der Waals surface area contributed by atoms with Gasteiger partial charge in [0.25, 0.3) is 0 Å². The lowest BCUT2D eigenvalue weighted by Crippen LogP contribution is -2.53. The van der Waals surface area contributed by atoms with Crippen molar-refractivity contribution in [3.63, 3.8) is 0 Å². The summed E-state index contributed by atoms with van der Waals surface area (Å²) in [5.74, 6) is 0.920. The van der Waals surface area contributed by atoms with Crippen molar-refractivity contribution in [1.29, 1.82) is 0 Å². The summed E-state index contributed by atoms with van der Waals surface area (Å²) < 4.78 is 5.35. The molecule has 2 unspecified atom stereocenters.